The van der Waals surface area contributed by atoms with E-state index in [2.05, 4.69) is 5.32 Å². The minimum Gasteiger partial charge on any atom is -0.494 e. The Labute approximate surface area is 165 Å². The number of hydrogen-bond donors (Lipinski definition) is 1. The number of amides is 1. The SMILES string of the molecule is CCOc1ccc(OCC(=O)Nc2cc(N3CCCS3(=O)=O)ccc2C)cc1. The molecule has 28 heavy (non-hydrogen) atoms. The molecule has 0 spiro atoms. The van der Waals surface area contributed by atoms with Crippen molar-refractivity contribution in [1.29, 1.82) is 0 Å². The molecule has 1 N–H and O–H groups in total. The van der Waals surface area contributed by atoms with E-state index in [1.165, 1.54) is 4.31 Å². The van der Waals surface area contributed by atoms with Gasteiger partial charge in [-0.15, -0.1) is 0 Å². The van der Waals surface area contributed by atoms with Gasteiger partial charge in [-0.05, 0) is 62.2 Å². The highest BCUT2D eigenvalue weighted by atomic mass is 32.2. The molecule has 1 aliphatic heterocycles. The summed E-state index contributed by atoms with van der Waals surface area (Å²) in [6.07, 6.45) is 0.605. The summed E-state index contributed by atoms with van der Waals surface area (Å²) in [5.74, 6) is 1.13. The van der Waals surface area contributed by atoms with E-state index in [-0.39, 0.29) is 18.3 Å². The van der Waals surface area contributed by atoms with Gasteiger partial charge in [-0.3, -0.25) is 9.10 Å². The number of rotatable bonds is 7. The van der Waals surface area contributed by atoms with Crippen LogP contribution in [-0.4, -0.2) is 39.8 Å². The van der Waals surface area contributed by atoms with E-state index in [1.54, 1.807) is 42.5 Å². The van der Waals surface area contributed by atoms with E-state index in [0.717, 1.165) is 11.3 Å². The van der Waals surface area contributed by atoms with Crippen molar-refractivity contribution in [3.63, 3.8) is 0 Å². The van der Waals surface area contributed by atoms with Crippen molar-refractivity contribution in [3.8, 4) is 11.5 Å². The van der Waals surface area contributed by atoms with Crippen molar-refractivity contribution in [2.45, 2.75) is 20.3 Å². The van der Waals surface area contributed by atoms with Crippen molar-refractivity contribution in [3.05, 3.63) is 48.0 Å². The van der Waals surface area contributed by atoms with Gasteiger partial charge in [-0.2, -0.15) is 0 Å². The second kappa shape index (κ2) is 8.52. The number of carbonyl (C=O) groups excluding carboxylic acids is 1. The lowest BCUT2D eigenvalue weighted by Crippen LogP contribution is -2.25. The van der Waals surface area contributed by atoms with E-state index in [9.17, 15) is 13.2 Å². The number of ether oxygens (including phenoxy) is 2. The molecule has 1 saturated heterocycles. The molecule has 1 heterocycles. The number of anilines is 2. The van der Waals surface area contributed by atoms with Crippen molar-refractivity contribution in [1.82, 2.24) is 0 Å². The first kappa shape index (κ1) is 20.0. The van der Waals surface area contributed by atoms with Gasteiger partial charge >= 0.3 is 0 Å². The zero-order valence-corrected chi connectivity index (χ0v) is 16.8. The molecule has 3 rings (SSSR count). The first-order valence-corrected chi connectivity index (χ1v) is 10.8. The highest BCUT2D eigenvalue weighted by molar-refractivity contribution is 7.93. The predicted molar refractivity (Wildman–Crippen MR) is 109 cm³/mol. The molecule has 0 aliphatic carbocycles. The fourth-order valence-electron chi connectivity index (χ4n) is 2.96. The number of carbonyl (C=O) groups is 1. The normalized spacial score (nSPS) is 15.3. The Hall–Kier alpha value is -2.74. The summed E-state index contributed by atoms with van der Waals surface area (Å²) < 4.78 is 36.5. The number of nitrogens with zero attached hydrogens (tertiary/aromatic N) is 1. The lowest BCUT2D eigenvalue weighted by molar-refractivity contribution is -0.118. The highest BCUT2D eigenvalue weighted by Crippen LogP contribution is 2.28. The molecule has 8 heteroatoms. The lowest BCUT2D eigenvalue weighted by Gasteiger charge is -2.19. The van der Waals surface area contributed by atoms with Crippen LogP contribution in [-0.2, 0) is 14.8 Å². The molecule has 1 fully saturated rings. The average molecular weight is 404 g/mol. The van der Waals surface area contributed by atoms with Gasteiger partial charge in [0.15, 0.2) is 6.61 Å². The fraction of sp³-hybridized carbons (Fsp3) is 0.350. The van der Waals surface area contributed by atoms with Crippen molar-refractivity contribution >= 4 is 27.3 Å². The molecule has 2 aromatic rings. The van der Waals surface area contributed by atoms with Crippen LogP contribution in [0, 0.1) is 6.92 Å². The van der Waals surface area contributed by atoms with Gasteiger partial charge in [0.25, 0.3) is 5.91 Å². The van der Waals surface area contributed by atoms with E-state index >= 15 is 0 Å². The summed E-state index contributed by atoms with van der Waals surface area (Å²) in [5, 5.41) is 2.79. The van der Waals surface area contributed by atoms with Crippen LogP contribution < -0.4 is 19.1 Å². The summed E-state index contributed by atoms with van der Waals surface area (Å²) in [7, 11) is -3.27. The smallest absolute Gasteiger partial charge is 0.262 e. The third-order valence-electron chi connectivity index (χ3n) is 4.39. The number of sulfonamides is 1. The van der Waals surface area contributed by atoms with Gasteiger partial charge < -0.3 is 14.8 Å². The Morgan fingerprint density at radius 3 is 2.39 bits per heavy atom. The molecular weight excluding hydrogens is 380 g/mol. The van der Waals surface area contributed by atoms with Gasteiger partial charge in [0.1, 0.15) is 11.5 Å². The van der Waals surface area contributed by atoms with Crippen LogP contribution >= 0.6 is 0 Å². The Kier molecular flexibility index (Phi) is 6.08. The second-order valence-electron chi connectivity index (χ2n) is 6.48. The molecule has 2 aromatic carbocycles. The minimum atomic E-state index is -3.27. The standard InChI is InChI=1S/C20H24N2O5S/c1-3-26-17-7-9-18(10-8-17)27-14-20(23)21-19-13-16(6-5-15(19)2)22-11-4-12-28(22,24)25/h5-10,13H,3-4,11-12,14H2,1-2H3,(H,21,23). The third-order valence-corrected chi connectivity index (χ3v) is 6.26. The Balaban J connectivity index is 1.62. The summed E-state index contributed by atoms with van der Waals surface area (Å²) >= 11 is 0. The number of hydrogen-bond acceptors (Lipinski definition) is 5. The number of aryl methyl sites for hydroxylation is 1. The van der Waals surface area contributed by atoms with Gasteiger partial charge in [0, 0.05) is 12.2 Å². The van der Waals surface area contributed by atoms with Crippen molar-refractivity contribution < 1.29 is 22.7 Å². The molecule has 0 aromatic heterocycles. The van der Waals surface area contributed by atoms with Crippen LogP contribution in [0.3, 0.4) is 0 Å². The molecule has 1 aliphatic rings. The van der Waals surface area contributed by atoms with Gasteiger partial charge in [0.05, 0.1) is 18.0 Å². The summed E-state index contributed by atoms with van der Waals surface area (Å²) in [6.45, 7) is 4.65. The van der Waals surface area contributed by atoms with Crippen LogP contribution in [0.5, 0.6) is 11.5 Å². The fourth-order valence-corrected chi connectivity index (χ4v) is 4.52. The number of benzene rings is 2. The van der Waals surface area contributed by atoms with Crippen LogP contribution in [0.15, 0.2) is 42.5 Å². The molecule has 0 radical (unpaired) electrons. The van der Waals surface area contributed by atoms with E-state index in [0.29, 0.717) is 36.7 Å². The molecule has 0 atom stereocenters. The lowest BCUT2D eigenvalue weighted by atomic mass is 10.1. The maximum Gasteiger partial charge on any atom is 0.262 e. The molecule has 0 bridgehead atoms. The minimum absolute atomic E-state index is 0.151. The molecule has 0 saturated carbocycles. The highest BCUT2D eigenvalue weighted by Gasteiger charge is 2.28. The van der Waals surface area contributed by atoms with Crippen LogP contribution in [0.4, 0.5) is 11.4 Å². The van der Waals surface area contributed by atoms with E-state index in [1.807, 2.05) is 13.8 Å². The van der Waals surface area contributed by atoms with E-state index in [4.69, 9.17) is 9.47 Å². The molecule has 1 amide bonds. The quantitative estimate of drug-likeness (QED) is 0.767. The first-order chi connectivity index (χ1) is 13.4. The van der Waals surface area contributed by atoms with Gasteiger partial charge in [-0.25, -0.2) is 8.42 Å². The van der Waals surface area contributed by atoms with Gasteiger partial charge in [0.2, 0.25) is 10.0 Å². The monoisotopic (exact) mass is 404 g/mol. The Bertz CT molecular complexity index is 942. The Morgan fingerprint density at radius 2 is 1.79 bits per heavy atom. The third kappa shape index (κ3) is 4.75. The molecular formula is C20H24N2O5S. The van der Waals surface area contributed by atoms with Crippen LogP contribution in [0.2, 0.25) is 0 Å². The maximum absolute atomic E-state index is 12.3. The van der Waals surface area contributed by atoms with Crippen LogP contribution in [0.1, 0.15) is 18.9 Å². The summed E-state index contributed by atoms with van der Waals surface area (Å²) in [5.41, 5.74) is 1.97. The number of nitrogens with one attached hydrogen (secondary N) is 1. The first-order valence-electron chi connectivity index (χ1n) is 9.15. The zero-order chi connectivity index (χ0) is 20.1. The van der Waals surface area contributed by atoms with Crippen LogP contribution in [0.25, 0.3) is 0 Å². The summed E-state index contributed by atoms with van der Waals surface area (Å²) in [4.78, 5) is 12.3. The largest absolute Gasteiger partial charge is 0.494 e. The zero-order valence-electron chi connectivity index (χ0n) is 16.0. The molecule has 0 unspecified atom stereocenters. The summed E-state index contributed by atoms with van der Waals surface area (Å²) in [6, 6.07) is 12.3. The molecule has 150 valence electrons. The topological polar surface area (TPSA) is 84.9 Å². The predicted octanol–water partition coefficient (Wildman–Crippen LogP) is 2.95. The van der Waals surface area contributed by atoms with Gasteiger partial charge in [-0.1, -0.05) is 6.07 Å². The molecule has 7 nitrogen and oxygen atoms in total. The maximum atomic E-state index is 12.3. The van der Waals surface area contributed by atoms with Crippen molar-refractivity contribution in [2.75, 3.05) is 35.1 Å². The van der Waals surface area contributed by atoms with E-state index < -0.39 is 10.0 Å². The second-order valence-corrected chi connectivity index (χ2v) is 8.50. The average Bonchev–Trinajstić information content (AvgIpc) is 3.02. The Morgan fingerprint density at radius 1 is 1.11 bits per heavy atom. The van der Waals surface area contributed by atoms with Crippen molar-refractivity contribution in [2.24, 2.45) is 0 Å².